The minimum atomic E-state index is 1.02. The number of hydrogen-bond acceptors (Lipinski definition) is 1. The molecule has 104 valence electrons. The Bertz CT molecular complexity index is 682. The summed E-state index contributed by atoms with van der Waals surface area (Å²) < 4.78 is 0. The maximum absolute atomic E-state index is 4.38. The van der Waals surface area contributed by atoms with Crippen molar-refractivity contribution in [3.8, 4) is 22.4 Å². The molecule has 0 saturated carbocycles. The largest absolute Gasteiger partial charge is 0.256 e. The number of benzene rings is 2. The van der Waals surface area contributed by atoms with Gasteiger partial charge in [0.05, 0.1) is 5.69 Å². The van der Waals surface area contributed by atoms with Gasteiger partial charge in [0.2, 0.25) is 0 Å². The molecular formula is C20H19N. The highest BCUT2D eigenvalue weighted by molar-refractivity contribution is 5.68. The summed E-state index contributed by atoms with van der Waals surface area (Å²) in [5, 5.41) is 0. The number of hydrogen-bond donors (Lipinski definition) is 0. The lowest BCUT2D eigenvalue weighted by Gasteiger charge is -2.06. The van der Waals surface area contributed by atoms with E-state index in [1.165, 1.54) is 23.1 Å². The van der Waals surface area contributed by atoms with Crippen LogP contribution in [0.2, 0.25) is 0 Å². The molecule has 0 fully saturated rings. The molecule has 0 unspecified atom stereocenters. The van der Waals surface area contributed by atoms with Crippen LogP contribution in [0.15, 0.2) is 72.9 Å². The number of rotatable bonds is 4. The summed E-state index contributed by atoms with van der Waals surface area (Å²) in [6.07, 6.45) is 4.17. The SMILES string of the molecule is CCCc1ccc(-c2ccc(-c3ccccn3)cc2)cc1. The third-order valence-electron chi connectivity index (χ3n) is 3.67. The standard InChI is InChI=1S/C20H19N/c1-2-5-16-7-9-17(10-8-16)18-11-13-19(14-12-18)20-6-3-4-15-21-20/h3-4,6-15H,2,5H2,1H3. The van der Waals surface area contributed by atoms with Gasteiger partial charge in [-0.1, -0.05) is 67.9 Å². The predicted molar refractivity (Wildman–Crippen MR) is 89.1 cm³/mol. The van der Waals surface area contributed by atoms with Gasteiger partial charge >= 0.3 is 0 Å². The van der Waals surface area contributed by atoms with Gasteiger partial charge in [-0.25, -0.2) is 0 Å². The molecule has 0 atom stereocenters. The van der Waals surface area contributed by atoms with Gasteiger partial charge in [0.15, 0.2) is 0 Å². The van der Waals surface area contributed by atoms with Gasteiger partial charge in [-0.15, -0.1) is 0 Å². The molecule has 1 nitrogen and oxygen atoms in total. The van der Waals surface area contributed by atoms with E-state index in [1.807, 2.05) is 24.4 Å². The van der Waals surface area contributed by atoms with Crippen LogP contribution < -0.4 is 0 Å². The van der Waals surface area contributed by atoms with Crippen molar-refractivity contribution in [2.45, 2.75) is 19.8 Å². The smallest absolute Gasteiger partial charge is 0.0701 e. The van der Waals surface area contributed by atoms with Crippen molar-refractivity contribution in [2.24, 2.45) is 0 Å². The molecule has 1 heterocycles. The van der Waals surface area contributed by atoms with Crippen LogP contribution in [0.4, 0.5) is 0 Å². The second-order valence-corrected chi connectivity index (χ2v) is 5.24. The minimum absolute atomic E-state index is 1.02. The van der Waals surface area contributed by atoms with Crippen molar-refractivity contribution < 1.29 is 0 Å². The Morgan fingerprint density at radius 2 is 1.33 bits per heavy atom. The van der Waals surface area contributed by atoms with Crippen LogP contribution in [0.3, 0.4) is 0 Å². The molecule has 0 bridgehead atoms. The highest BCUT2D eigenvalue weighted by Crippen LogP contribution is 2.24. The number of nitrogens with zero attached hydrogens (tertiary/aromatic N) is 1. The van der Waals surface area contributed by atoms with E-state index in [4.69, 9.17) is 0 Å². The highest BCUT2D eigenvalue weighted by Gasteiger charge is 2.01. The predicted octanol–water partition coefficient (Wildman–Crippen LogP) is 5.37. The van der Waals surface area contributed by atoms with E-state index in [-0.39, 0.29) is 0 Å². The lowest BCUT2D eigenvalue weighted by atomic mass is 10.0. The molecule has 2 aromatic carbocycles. The topological polar surface area (TPSA) is 12.9 Å². The van der Waals surface area contributed by atoms with Crippen LogP contribution >= 0.6 is 0 Å². The summed E-state index contributed by atoms with van der Waals surface area (Å²) >= 11 is 0. The molecule has 3 aromatic rings. The maximum Gasteiger partial charge on any atom is 0.0701 e. The average molecular weight is 273 g/mol. The summed E-state index contributed by atoms with van der Waals surface area (Å²) in [5.41, 5.74) is 6.09. The summed E-state index contributed by atoms with van der Waals surface area (Å²) in [6, 6.07) is 23.5. The van der Waals surface area contributed by atoms with E-state index >= 15 is 0 Å². The zero-order valence-electron chi connectivity index (χ0n) is 12.3. The van der Waals surface area contributed by atoms with Gasteiger partial charge in [0, 0.05) is 11.8 Å². The first-order chi connectivity index (χ1) is 10.4. The van der Waals surface area contributed by atoms with Crippen LogP contribution in [0.25, 0.3) is 22.4 Å². The molecule has 1 heteroatoms. The first-order valence-corrected chi connectivity index (χ1v) is 7.47. The lowest BCUT2D eigenvalue weighted by Crippen LogP contribution is -1.85. The monoisotopic (exact) mass is 273 g/mol. The normalized spacial score (nSPS) is 10.5. The fourth-order valence-corrected chi connectivity index (χ4v) is 2.52. The van der Waals surface area contributed by atoms with Crippen molar-refractivity contribution in [3.05, 3.63) is 78.5 Å². The van der Waals surface area contributed by atoms with Crippen LogP contribution in [0.5, 0.6) is 0 Å². The van der Waals surface area contributed by atoms with Gasteiger partial charge in [-0.2, -0.15) is 0 Å². The molecule has 0 aliphatic heterocycles. The Morgan fingerprint density at radius 1 is 0.714 bits per heavy atom. The molecule has 0 N–H and O–H groups in total. The third kappa shape index (κ3) is 3.19. The summed E-state index contributed by atoms with van der Waals surface area (Å²) in [6.45, 7) is 2.21. The Morgan fingerprint density at radius 3 is 1.90 bits per heavy atom. The van der Waals surface area contributed by atoms with Crippen LogP contribution in [-0.4, -0.2) is 4.98 Å². The van der Waals surface area contributed by atoms with Gasteiger partial charge in [0.1, 0.15) is 0 Å². The maximum atomic E-state index is 4.38. The van der Waals surface area contributed by atoms with Crippen molar-refractivity contribution in [1.82, 2.24) is 4.98 Å². The van der Waals surface area contributed by atoms with Crippen molar-refractivity contribution in [2.75, 3.05) is 0 Å². The van der Waals surface area contributed by atoms with Gasteiger partial charge in [0.25, 0.3) is 0 Å². The van der Waals surface area contributed by atoms with Crippen molar-refractivity contribution in [3.63, 3.8) is 0 Å². The molecule has 0 radical (unpaired) electrons. The summed E-state index contributed by atoms with van der Waals surface area (Å²) in [5.74, 6) is 0. The Labute approximate surface area is 126 Å². The quantitative estimate of drug-likeness (QED) is 0.623. The molecule has 0 amide bonds. The first kappa shape index (κ1) is 13.6. The van der Waals surface area contributed by atoms with Gasteiger partial charge in [-0.05, 0) is 35.2 Å². The second-order valence-electron chi connectivity index (χ2n) is 5.24. The Hall–Kier alpha value is -2.41. The van der Waals surface area contributed by atoms with Gasteiger partial charge in [-0.3, -0.25) is 4.98 Å². The third-order valence-corrected chi connectivity index (χ3v) is 3.67. The summed E-state index contributed by atoms with van der Waals surface area (Å²) in [7, 11) is 0. The molecule has 1 aromatic heterocycles. The number of aromatic nitrogens is 1. The Kier molecular flexibility index (Phi) is 4.11. The average Bonchev–Trinajstić information content (AvgIpc) is 2.57. The zero-order chi connectivity index (χ0) is 14.5. The fraction of sp³-hybridized carbons (Fsp3) is 0.150. The molecule has 3 rings (SSSR count). The van der Waals surface area contributed by atoms with E-state index in [1.54, 1.807) is 0 Å². The molecular weight excluding hydrogens is 254 g/mol. The lowest BCUT2D eigenvalue weighted by molar-refractivity contribution is 0.922. The first-order valence-electron chi connectivity index (χ1n) is 7.47. The summed E-state index contributed by atoms with van der Waals surface area (Å²) in [4.78, 5) is 4.38. The molecule has 0 aliphatic rings. The number of aryl methyl sites for hydroxylation is 1. The van der Waals surface area contributed by atoms with E-state index in [2.05, 4.69) is 60.4 Å². The fourth-order valence-electron chi connectivity index (χ4n) is 2.52. The molecule has 0 aliphatic carbocycles. The molecule has 21 heavy (non-hydrogen) atoms. The van der Waals surface area contributed by atoms with E-state index in [0.29, 0.717) is 0 Å². The number of pyridine rings is 1. The van der Waals surface area contributed by atoms with Gasteiger partial charge < -0.3 is 0 Å². The second kappa shape index (κ2) is 6.36. The van der Waals surface area contributed by atoms with Crippen LogP contribution in [0.1, 0.15) is 18.9 Å². The minimum Gasteiger partial charge on any atom is -0.256 e. The zero-order valence-corrected chi connectivity index (χ0v) is 12.3. The Balaban J connectivity index is 1.84. The van der Waals surface area contributed by atoms with E-state index < -0.39 is 0 Å². The van der Waals surface area contributed by atoms with E-state index in [9.17, 15) is 0 Å². The molecule has 0 spiro atoms. The molecule has 0 saturated heterocycles. The van der Waals surface area contributed by atoms with Crippen LogP contribution in [-0.2, 0) is 6.42 Å². The van der Waals surface area contributed by atoms with E-state index in [0.717, 1.165) is 17.7 Å². The van der Waals surface area contributed by atoms with Crippen LogP contribution in [0, 0.1) is 0 Å². The van der Waals surface area contributed by atoms with Crippen molar-refractivity contribution >= 4 is 0 Å². The highest BCUT2D eigenvalue weighted by atomic mass is 14.7. The van der Waals surface area contributed by atoms with Crippen molar-refractivity contribution in [1.29, 1.82) is 0 Å².